The predicted molar refractivity (Wildman–Crippen MR) is 153 cm³/mol. The molecule has 2 N–H and O–H groups in total. The highest BCUT2D eigenvalue weighted by Gasteiger charge is 2.42. The molecular formula is C30H31N5OS. The fraction of sp³-hybridized carbons (Fsp3) is 0.233. The van der Waals surface area contributed by atoms with Crippen LogP contribution in [0.4, 0.5) is 11.4 Å². The fourth-order valence-corrected chi connectivity index (χ4v) is 5.53. The minimum atomic E-state index is -0.127. The lowest BCUT2D eigenvalue weighted by atomic mass is 9.96. The van der Waals surface area contributed by atoms with Crippen LogP contribution in [-0.2, 0) is 4.79 Å². The Bertz CT molecular complexity index is 1450. The number of aryl methyl sites for hydroxylation is 2. The number of amides is 1. The third-order valence-electron chi connectivity index (χ3n) is 6.98. The van der Waals surface area contributed by atoms with Crippen LogP contribution in [0.2, 0.25) is 0 Å². The quantitative estimate of drug-likeness (QED) is 0.298. The van der Waals surface area contributed by atoms with Crippen LogP contribution in [0, 0.1) is 20.8 Å². The molecule has 1 aliphatic rings. The molecule has 6 nitrogen and oxygen atoms in total. The minimum Gasteiger partial charge on any atom is -0.351 e. The van der Waals surface area contributed by atoms with E-state index in [1.54, 1.807) is 0 Å². The van der Waals surface area contributed by atoms with Gasteiger partial charge in [-0.1, -0.05) is 31.2 Å². The lowest BCUT2D eigenvalue weighted by Gasteiger charge is -2.29. The van der Waals surface area contributed by atoms with Crippen LogP contribution < -0.4 is 15.5 Å². The second kappa shape index (κ2) is 10.2. The van der Waals surface area contributed by atoms with E-state index in [0.29, 0.717) is 11.5 Å². The number of pyridine rings is 1. The van der Waals surface area contributed by atoms with Gasteiger partial charge < -0.3 is 20.1 Å². The molecule has 1 aliphatic heterocycles. The number of thiocarbonyl (C=S) groups is 1. The number of aromatic nitrogens is 2. The molecular weight excluding hydrogens is 478 g/mol. The highest BCUT2D eigenvalue weighted by atomic mass is 32.1. The number of carbonyl (C=O) groups is 1. The van der Waals surface area contributed by atoms with Gasteiger partial charge in [0.15, 0.2) is 5.11 Å². The summed E-state index contributed by atoms with van der Waals surface area (Å²) in [5.74, 6) is -0.00402. The first-order valence-electron chi connectivity index (χ1n) is 12.5. The Labute approximate surface area is 223 Å². The summed E-state index contributed by atoms with van der Waals surface area (Å²) < 4.78 is 2.29. The van der Waals surface area contributed by atoms with Gasteiger partial charge in [0.1, 0.15) is 0 Å². The van der Waals surface area contributed by atoms with Crippen LogP contribution in [0.25, 0.3) is 5.69 Å². The smallest absolute Gasteiger partial charge is 0.224 e. The van der Waals surface area contributed by atoms with E-state index in [4.69, 9.17) is 12.2 Å². The molecule has 0 saturated carbocycles. The maximum Gasteiger partial charge on any atom is 0.224 e. The zero-order valence-corrected chi connectivity index (χ0v) is 22.3. The normalized spacial score (nSPS) is 17.1. The second-order valence-electron chi connectivity index (χ2n) is 9.39. The highest BCUT2D eigenvalue weighted by Crippen LogP contribution is 2.44. The first-order valence-corrected chi connectivity index (χ1v) is 12.9. The van der Waals surface area contributed by atoms with Gasteiger partial charge in [0, 0.05) is 41.1 Å². The van der Waals surface area contributed by atoms with Gasteiger partial charge in [-0.05, 0) is 92.6 Å². The average Bonchev–Trinajstić information content (AvgIpc) is 3.41. The summed E-state index contributed by atoms with van der Waals surface area (Å²) in [4.78, 5) is 18.9. The third-order valence-corrected chi connectivity index (χ3v) is 7.30. The van der Waals surface area contributed by atoms with Crippen molar-refractivity contribution in [1.29, 1.82) is 0 Å². The molecule has 0 bridgehead atoms. The van der Waals surface area contributed by atoms with Gasteiger partial charge in [-0.15, -0.1) is 0 Å². The number of hydrogen-bond acceptors (Lipinski definition) is 3. The standard InChI is InChI=1S/C30H31N5OS/c1-5-27(36)32-25-15-14-23(17-19(25)2)35-29(28(33-30(35)37)26-13-9-10-16-31-26)24-18-20(3)34(21(24)4)22-11-7-6-8-12-22/h6-18,28-29H,5H2,1-4H3,(H,32,36)(H,33,37)/t28-,29-/m0/s1. The van der Waals surface area contributed by atoms with Crippen LogP contribution >= 0.6 is 12.2 Å². The molecule has 5 rings (SSSR count). The third kappa shape index (κ3) is 4.62. The molecule has 2 aromatic carbocycles. The Hall–Kier alpha value is -3.97. The molecule has 188 valence electrons. The van der Waals surface area contributed by atoms with Crippen molar-refractivity contribution < 1.29 is 4.79 Å². The number of nitrogens with zero attached hydrogens (tertiary/aromatic N) is 3. The molecule has 1 fully saturated rings. The van der Waals surface area contributed by atoms with Crippen molar-refractivity contribution >= 4 is 34.6 Å². The van der Waals surface area contributed by atoms with Gasteiger partial charge in [-0.25, -0.2) is 0 Å². The molecule has 7 heteroatoms. The number of nitrogens with one attached hydrogen (secondary N) is 2. The maximum absolute atomic E-state index is 12.0. The van der Waals surface area contributed by atoms with Crippen LogP contribution in [-0.4, -0.2) is 20.6 Å². The predicted octanol–water partition coefficient (Wildman–Crippen LogP) is 6.32. The molecule has 2 aromatic heterocycles. The van der Waals surface area contributed by atoms with E-state index in [1.165, 1.54) is 5.56 Å². The van der Waals surface area contributed by atoms with E-state index < -0.39 is 0 Å². The van der Waals surface area contributed by atoms with E-state index in [0.717, 1.165) is 39.7 Å². The van der Waals surface area contributed by atoms with E-state index in [-0.39, 0.29) is 18.0 Å². The molecule has 1 amide bonds. The van der Waals surface area contributed by atoms with Crippen LogP contribution in [0.15, 0.2) is 79.0 Å². The van der Waals surface area contributed by atoms with Gasteiger partial charge in [0.25, 0.3) is 0 Å². The van der Waals surface area contributed by atoms with Gasteiger partial charge in [-0.3, -0.25) is 9.78 Å². The van der Waals surface area contributed by atoms with Crippen molar-refractivity contribution in [2.45, 2.75) is 46.2 Å². The summed E-state index contributed by atoms with van der Waals surface area (Å²) in [6.07, 6.45) is 2.26. The van der Waals surface area contributed by atoms with E-state index in [2.05, 4.69) is 75.3 Å². The van der Waals surface area contributed by atoms with E-state index in [9.17, 15) is 4.79 Å². The summed E-state index contributed by atoms with van der Waals surface area (Å²) >= 11 is 5.93. The van der Waals surface area contributed by atoms with E-state index in [1.807, 2.05) is 56.4 Å². The minimum absolute atomic E-state index is 0.00402. The Kier molecular flexibility index (Phi) is 6.80. The fourth-order valence-electron chi connectivity index (χ4n) is 5.19. The molecule has 3 heterocycles. The largest absolute Gasteiger partial charge is 0.351 e. The summed E-state index contributed by atoms with van der Waals surface area (Å²) in [6.45, 7) is 8.16. The van der Waals surface area contributed by atoms with Gasteiger partial charge in [0.2, 0.25) is 5.91 Å². The summed E-state index contributed by atoms with van der Waals surface area (Å²) in [6, 6.07) is 24.5. The van der Waals surface area contributed by atoms with Crippen molar-refractivity contribution in [1.82, 2.24) is 14.9 Å². The first kappa shape index (κ1) is 24.7. The second-order valence-corrected chi connectivity index (χ2v) is 9.78. The van der Waals surface area contributed by atoms with Crippen LogP contribution in [0.1, 0.15) is 53.6 Å². The van der Waals surface area contributed by atoms with Crippen LogP contribution in [0.3, 0.4) is 0 Å². The molecule has 0 radical (unpaired) electrons. The number of rotatable bonds is 6. The van der Waals surface area contributed by atoms with Crippen molar-refractivity contribution in [3.8, 4) is 5.69 Å². The molecule has 37 heavy (non-hydrogen) atoms. The topological polar surface area (TPSA) is 62.2 Å². The summed E-state index contributed by atoms with van der Waals surface area (Å²) in [5, 5.41) is 7.19. The van der Waals surface area contributed by atoms with Gasteiger partial charge in [-0.2, -0.15) is 0 Å². The van der Waals surface area contributed by atoms with Crippen molar-refractivity contribution in [2.75, 3.05) is 10.2 Å². The molecule has 2 atom stereocenters. The highest BCUT2D eigenvalue weighted by molar-refractivity contribution is 7.80. The molecule has 0 spiro atoms. The number of anilines is 2. The van der Waals surface area contributed by atoms with Crippen molar-refractivity contribution in [3.05, 3.63) is 107 Å². The summed E-state index contributed by atoms with van der Waals surface area (Å²) in [7, 11) is 0. The number of benzene rings is 2. The Morgan fingerprint density at radius 3 is 2.43 bits per heavy atom. The number of hydrogen-bond donors (Lipinski definition) is 2. The van der Waals surface area contributed by atoms with Crippen molar-refractivity contribution in [2.24, 2.45) is 0 Å². The Morgan fingerprint density at radius 2 is 1.76 bits per heavy atom. The van der Waals surface area contributed by atoms with Gasteiger partial charge in [0.05, 0.1) is 17.8 Å². The van der Waals surface area contributed by atoms with E-state index >= 15 is 0 Å². The average molecular weight is 510 g/mol. The Balaban J connectivity index is 1.63. The maximum atomic E-state index is 12.0. The number of carbonyl (C=O) groups excluding carboxylic acids is 1. The zero-order chi connectivity index (χ0) is 26.1. The van der Waals surface area contributed by atoms with Crippen LogP contribution in [0.5, 0.6) is 0 Å². The molecule has 4 aromatic rings. The number of para-hydroxylation sites is 1. The van der Waals surface area contributed by atoms with Gasteiger partial charge >= 0.3 is 0 Å². The SMILES string of the molecule is CCC(=O)Nc1ccc(N2C(=S)N[C@@H](c3ccccn3)[C@@H]2c2cc(C)n(-c3ccccc3)c2C)cc1C. The molecule has 0 aliphatic carbocycles. The monoisotopic (exact) mass is 509 g/mol. The first-order chi connectivity index (χ1) is 17.9. The summed E-state index contributed by atoms with van der Waals surface area (Å²) in [5.41, 5.74) is 8.34. The molecule has 1 saturated heterocycles. The van der Waals surface area contributed by atoms with Crippen molar-refractivity contribution in [3.63, 3.8) is 0 Å². The lowest BCUT2D eigenvalue weighted by Crippen LogP contribution is -2.29. The lowest BCUT2D eigenvalue weighted by molar-refractivity contribution is -0.115. The molecule has 0 unspecified atom stereocenters. The Morgan fingerprint density at radius 1 is 1.00 bits per heavy atom. The zero-order valence-electron chi connectivity index (χ0n) is 21.5.